The van der Waals surface area contributed by atoms with E-state index in [1.165, 1.54) is 180 Å². The molecule has 0 saturated carbocycles. The van der Waals surface area contributed by atoms with Gasteiger partial charge >= 0.3 is 0 Å². The quantitative estimate of drug-likeness (QED) is 0.0431. The average molecular weight is 742 g/mol. The van der Waals surface area contributed by atoms with Gasteiger partial charge in [-0.25, -0.2) is 0 Å². The number of carbonyl (C=O) groups is 1. The highest BCUT2D eigenvalue weighted by molar-refractivity contribution is 5.76. The van der Waals surface area contributed by atoms with Crippen LogP contribution in [-0.2, 0) is 4.79 Å². The lowest BCUT2D eigenvalue weighted by Crippen LogP contribution is -2.45. The zero-order valence-corrected chi connectivity index (χ0v) is 35.5. The van der Waals surface area contributed by atoms with Crippen molar-refractivity contribution in [1.82, 2.24) is 5.32 Å². The van der Waals surface area contributed by atoms with Crippen molar-refractivity contribution in [2.75, 3.05) is 6.61 Å². The molecular weight excluding hydrogens is 651 g/mol. The summed E-state index contributed by atoms with van der Waals surface area (Å²) in [6, 6.07) is -0.640. The predicted octanol–water partition coefficient (Wildman–Crippen LogP) is 14.7. The number of unbranched alkanes of at least 4 members (excludes halogenated alkanes) is 29. The number of rotatable bonds is 42. The first kappa shape index (κ1) is 51.4. The maximum absolute atomic E-state index is 12.4. The maximum atomic E-state index is 12.4. The molecule has 310 valence electrons. The number of carbonyl (C=O) groups excluding carboxylic acids is 1. The van der Waals surface area contributed by atoms with E-state index in [0.29, 0.717) is 6.42 Å². The fourth-order valence-corrected chi connectivity index (χ4v) is 6.93. The third-order valence-electron chi connectivity index (χ3n) is 10.5. The van der Waals surface area contributed by atoms with Crippen LogP contribution in [0.4, 0.5) is 0 Å². The molecule has 0 radical (unpaired) electrons. The molecule has 0 fully saturated rings. The molecule has 53 heavy (non-hydrogen) atoms. The summed E-state index contributed by atoms with van der Waals surface area (Å²) in [5, 5.41) is 23.0. The van der Waals surface area contributed by atoms with Crippen molar-refractivity contribution >= 4 is 5.91 Å². The van der Waals surface area contributed by atoms with Crippen molar-refractivity contribution in [3.05, 3.63) is 48.6 Å². The van der Waals surface area contributed by atoms with Gasteiger partial charge in [0, 0.05) is 6.42 Å². The zero-order valence-electron chi connectivity index (χ0n) is 35.5. The molecule has 2 atom stereocenters. The lowest BCUT2D eigenvalue weighted by molar-refractivity contribution is -0.123. The van der Waals surface area contributed by atoms with Gasteiger partial charge in [-0.1, -0.05) is 217 Å². The highest BCUT2D eigenvalue weighted by Crippen LogP contribution is 2.15. The van der Waals surface area contributed by atoms with E-state index in [0.717, 1.165) is 38.5 Å². The average Bonchev–Trinajstić information content (AvgIpc) is 3.16. The number of allylic oxidation sites excluding steroid dienone is 7. The van der Waals surface area contributed by atoms with Crippen LogP contribution in [0.5, 0.6) is 0 Å². The lowest BCUT2D eigenvalue weighted by atomic mass is 10.0. The van der Waals surface area contributed by atoms with Gasteiger partial charge in [0.15, 0.2) is 0 Å². The van der Waals surface area contributed by atoms with Crippen LogP contribution in [0.1, 0.15) is 239 Å². The maximum Gasteiger partial charge on any atom is 0.220 e. The molecule has 0 aliphatic carbocycles. The van der Waals surface area contributed by atoms with E-state index in [2.05, 4.69) is 55.6 Å². The summed E-state index contributed by atoms with van der Waals surface area (Å²) < 4.78 is 0. The van der Waals surface area contributed by atoms with E-state index >= 15 is 0 Å². The summed E-state index contributed by atoms with van der Waals surface area (Å²) in [5.41, 5.74) is 0. The van der Waals surface area contributed by atoms with Gasteiger partial charge in [0.25, 0.3) is 0 Å². The molecule has 4 nitrogen and oxygen atoms in total. The van der Waals surface area contributed by atoms with Crippen LogP contribution in [0, 0.1) is 0 Å². The van der Waals surface area contributed by atoms with Crippen molar-refractivity contribution < 1.29 is 15.0 Å². The SMILES string of the molecule is CCCCCCC/C=C\C/C=C\CCCCCCCCCCCCCC(=O)NC(CO)C(O)/C=C/CC/C=C/CCCCCCCCCCCCCC. The lowest BCUT2D eigenvalue weighted by Gasteiger charge is -2.19. The molecule has 2 unspecified atom stereocenters. The Morgan fingerprint density at radius 1 is 0.453 bits per heavy atom. The van der Waals surface area contributed by atoms with Crippen LogP contribution < -0.4 is 5.32 Å². The number of hydrogen-bond donors (Lipinski definition) is 3. The molecule has 0 aliphatic heterocycles. The Bertz CT molecular complexity index is 847. The predicted molar refractivity (Wildman–Crippen MR) is 235 cm³/mol. The Kier molecular flexibility index (Phi) is 43.4. The van der Waals surface area contributed by atoms with Gasteiger partial charge in [-0.2, -0.15) is 0 Å². The van der Waals surface area contributed by atoms with Crippen molar-refractivity contribution in [2.45, 2.75) is 251 Å². The monoisotopic (exact) mass is 742 g/mol. The van der Waals surface area contributed by atoms with Crippen molar-refractivity contribution in [1.29, 1.82) is 0 Å². The van der Waals surface area contributed by atoms with Gasteiger partial charge in [0.1, 0.15) is 0 Å². The Hall–Kier alpha value is -1.65. The first-order chi connectivity index (χ1) is 26.2. The van der Waals surface area contributed by atoms with Gasteiger partial charge in [-0.05, 0) is 64.2 Å². The van der Waals surface area contributed by atoms with Crippen LogP contribution >= 0.6 is 0 Å². The second kappa shape index (κ2) is 44.7. The molecule has 0 aromatic rings. The number of amides is 1. The normalized spacial score (nSPS) is 13.4. The molecule has 0 heterocycles. The summed E-state index contributed by atoms with van der Waals surface area (Å²) in [6.45, 7) is 4.29. The highest BCUT2D eigenvalue weighted by atomic mass is 16.3. The number of nitrogens with one attached hydrogen (secondary N) is 1. The van der Waals surface area contributed by atoms with E-state index in [9.17, 15) is 15.0 Å². The summed E-state index contributed by atoms with van der Waals surface area (Å²) in [4.78, 5) is 12.4. The van der Waals surface area contributed by atoms with Gasteiger partial charge in [0.05, 0.1) is 18.8 Å². The standard InChI is InChI=1S/C49H91NO3/c1-3-5-7-9-11-13-15-17-19-21-23-24-25-26-27-29-31-33-35-37-39-41-43-45-49(53)50-47(46-51)48(52)44-42-40-38-36-34-32-30-28-22-20-18-16-14-12-10-8-6-4-2/h15,17,21,23,34,36,42,44,47-48,51-52H,3-14,16,18-20,22,24-33,35,37-41,43,45-46H2,1-2H3,(H,50,53)/b17-15-,23-21-,36-34+,44-42+. The van der Waals surface area contributed by atoms with Crippen molar-refractivity contribution in [2.24, 2.45) is 0 Å². The van der Waals surface area contributed by atoms with Crippen LogP contribution in [0.3, 0.4) is 0 Å². The third-order valence-corrected chi connectivity index (χ3v) is 10.5. The molecular formula is C49H91NO3. The molecule has 0 rings (SSSR count). The topological polar surface area (TPSA) is 69.6 Å². The van der Waals surface area contributed by atoms with Gasteiger partial charge < -0.3 is 15.5 Å². The molecule has 0 spiro atoms. The smallest absolute Gasteiger partial charge is 0.220 e. The van der Waals surface area contributed by atoms with Crippen LogP contribution in [-0.4, -0.2) is 34.9 Å². The summed E-state index contributed by atoms with van der Waals surface area (Å²) in [5.74, 6) is -0.0759. The fourth-order valence-electron chi connectivity index (χ4n) is 6.93. The van der Waals surface area contributed by atoms with Gasteiger partial charge in [-0.15, -0.1) is 0 Å². The van der Waals surface area contributed by atoms with E-state index in [1.54, 1.807) is 6.08 Å². The Morgan fingerprint density at radius 3 is 1.21 bits per heavy atom. The van der Waals surface area contributed by atoms with Gasteiger partial charge in [0.2, 0.25) is 5.91 Å². The fraction of sp³-hybridized carbons (Fsp3) is 0.816. The molecule has 4 heteroatoms. The number of hydrogen-bond acceptors (Lipinski definition) is 3. The minimum atomic E-state index is -0.863. The van der Waals surface area contributed by atoms with E-state index < -0.39 is 12.1 Å². The zero-order chi connectivity index (χ0) is 38.6. The number of aliphatic hydroxyl groups is 2. The Balaban J connectivity index is 3.59. The number of aliphatic hydroxyl groups excluding tert-OH is 2. The van der Waals surface area contributed by atoms with Gasteiger partial charge in [-0.3, -0.25) is 4.79 Å². The molecule has 0 aromatic heterocycles. The second-order valence-corrected chi connectivity index (χ2v) is 15.8. The molecule has 1 amide bonds. The van der Waals surface area contributed by atoms with Crippen LogP contribution in [0.2, 0.25) is 0 Å². The minimum Gasteiger partial charge on any atom is -0.394 e. The molecule has 3 N–H and O–H groups in total. The molecule has 0 aliphatic rings. The van der Waals surface area contributed by atoms with E-state index in [-0.39, 0.29) is 12.5 Å². The Morgan fingerprint density at radius 2 is 0.792 bits per heavy atom. The first-order valence-electron chi connectivity index (χ1n) is 23.4. The van der Waals surface area contributed by atoms with Crippen molar-refractivity contribution in [3.63, 3.8) is 0 Å². The first-order valence-corrected chi connectivity index (χ1v) is 23.4. The summed E-state index contributed by atoms with van der Waals surface area (Å²) in [7, 11) is 0. The third kappa shape index (κ3) is 41.4. The summed E-state index contributed by atoms with van der Waals surface area (Å²) >= 11 is 0. The largest absolute Gasteiger partial charge is 0.394 e. The molecule has 0 bridgehead atoms. The molecule has 0 aromatic carbocycles. The highest BCUT2D eigenvalue weighted by Gasteiger charge is 2.17. The second-order valence-electron chi connectivity index (χ2n) is 15.8. The Labute approximate surface area is 331 Å². The summed E-state index contributed by atoms with van der Waals surface area (Å²) in [6.07, 6.45) is 60.8. The van der Waals surface area contributed by atoms with Crippen LogP contribution in [0.15, 0.2) is 48.6 Å². The van der Waals surface area contributed by atoms with E-state index in [4.69, 9.17) is 0 Å². The van der Waals surface area contributed by atoms with E-state index in [1.807, 2.05) is 6.08 Å². The van der Waals surface area contributed by atoms with Crippen LogP contribution in [0.25, 0.3) is 0 Å². The minimum absolute atomic E-state index is 0.0759. The molecule has 0 saturated heterocycles. The van der Waals surface area contributed by atoms with Crippen molar-refractivity contribution in [3.8, 4) is 0 Å².